The normalized spacial score (nSPS) is 26.7. The third-order valence-electron chi connectivity index (χ3n) is 5.29. The summed E-state index contributed by atoms with van der Waals surface area (Å²) < 4.78 is 11.4. The maximum absolute atomic E-state index is 12.7. The molecule has 2 aromatic carbocycles. The van der Waals surface area contributed by atoms with Gasteiger partial charge in [0.1, 0.15) is 52.8 Å². The molecule has 5 atom stereocenters. The largest absolute Gasteiger partial charge is 0.508 e. The van der Waals surface area contributed by atoms with Crippen molar-refractivity contribution in [2.24, 2.45) is 0 Å². The Morgan fingerprint density at radius 2 is 1.53 bits per heavy atom. The summed E-state index contributed by atoms with van der Waals surface area (Å²) in [5.74, 6) is -0.960. The highest BCUT2D eigenvalue weighted by atomic mass is 16.5. The maximum Gasteiger partial charge on any atom is 0.197 e. The molecule has 1 aliphatic rings. The Hall–Kier alpha value is -3.11. The molecule has 0 spiro atoms. The van der Waals surface area contributed by atoms with Crippen molar-refractivity contribution < 1.29 is 39.8 Å². The Kier molecular flexibility index (Phi) is 4.91. The summed E-state index contributed by atoms with van der Waals surface area (Å²) >= 11 is 0. The molecule has 9 nitrogen and oxygen atoms in total. The van der Waals surface area contributed by atoms with Gasteiger partial charge in [0, 0.05) is 17.7 Å². The van der Waals surface area contributed by atoms with E-state index in [9.17, 15) is 35.4 Å². The van der Waals surface area contributed by atoms with Crippen LogP contribution in [0.1, 0.15) is 18.6 Å². The van der Waals surface area contributed by atoms with Crippen molar-refractivity contribution >= 4 is 11.0 Å². The first-order chi connectivity index (χ1) is 14.2. The molecule has 1 fully saturated rings. The van der Waals surface area contributed by atoms with Gasteiger partial charge >= 0.3 is 0 Å². The van der Waals surface area contributed by atoms with E-state index in [1.807, 2.05) is 0 Å². The topological polar surface area (TPSA) is 161 Å². The van der Waals surface area contributed by atoms with Gasteiger partial charge in [-0.15, -0.1) is 0 Å². The van der Waals surface area contributed by atoms with Crippen LogP contribution in [0.4, 0.5) is 0 Å². The molecule has 1 aromatic heterocycles. The van der Waals surface area contributed by atoms with Crippen LogP contribution in [0.3, 0.4) is 0 Å². The van der Waals surface area contributed by atoms with Crippen LogP contribution in [0.25, 0.3) is 22.3 Å². The van der Waals surface area contributed by atoms with Crippen molar-refractivity contribution in [3.63, 3.8) is 0 Å². The summed E-state index contributed by atoms with van der Waals surface area (Å²) in [6, 6.07) is 7.88. The second kappa shape index (κ2) is 7.29. The van der Waals surface area contributed by atoms with Gasteiger partial charge in [0.2, 0.25) is 0 Å². The number of fused-ring (bicyclic) bond motifs is 1. The fourth-order valence-electron chi connectivity index (χ4n) is 3.65. The zero-order valence-corrected chi connectivity index (χ0v) is 15.8. The minimum absolute atomic E-state index is 0.0122. The van der Waals surface area contributed by atoms with Crippen molar-refractivity contribution in [2.45, 2.75) is 37.4 Å². The second-order valence-corrected chi connectivity index (χ2v) is 7.29. The number of benzene rings is 2. The highest BCUT2D eigenvalue weighted by Gasteiger charge is 2.44. The number of hydrogen-bond acceptors (Lipinski definition) is 9. The van der Waals surface area contributed by atoms with Crippen molar-refractivity contribution in [1.82, 2.24) is 0 Å². The van der Waals surface area contributed by atoms with Crippen LogP contribution in [0.5, 0.6) is 17.2 Å². The number of aliphatic hydroxyl groups is 3. The number of phenolic OH excluding ortho intramolecular Hbond substituents is 3. The molecule has 2 heterocycles. The van der Waals surface area contributed by atoms with Crippen molar-refractivity contribution in [3.05, 3.63) is 52.2 Å². The number of aromatic hydroxyl groups is 3. The molecule has 4 rings (SSSR count). The number of phenols is 3. The number of ether oxygens (including phenoxy) is 1. The van der Waals surface area contributed by atoms with Crippen LogP contribution in [-0.2, 0) is 4.74 Å². The van der Waals surface area contributed by atoms with Crippen molar-refractivity contribution in [1.29, 1.82) is 0 Å². The Bertz CT molecular complexity index is 1150. The summed E-state index contributed by atoms with van der Waals surface area (Å²) in [5.41, 5.74) is -0.555. The molecule has 158 valence electrons. The fourth-order valence-corrected chi connectivity index (χ4v) is 3.65. The van der Waals surface area contributed by atoms with Gasteiger partial charge in [-0.3, -0.25) is 4.79 Å². The first-order valence-electron chi connectivity index (χ1n) is 9.20. The number of rotatable bonds is 2. The van der Waals surface area contributed by atoms with Gasteiger partial charge < -0.3 is 39.8 Å². The van der Waals surface area contributed by atoms with Crippen LogP contribution >= 0.6 is 0 Å². The lowest BCUT2D eigenvalue weighted by Crippen LogP contribution is -2.53. The first-order valence-corrected chi connectivity index (χ1v) is 9.20. The molecule has 0 aliphatic carbocycles. The van der Waals surface area contributed by atoms with E-state index in [0.717, 1.165) is 12.1 Å². The minimum atomic E-state index is -1.64. The molecular formula is C21H20O9. The van der Waals surface area contributed by atoms with Gasteiger partial charge in [0.15, 0.2) is 11.0 Å². The molecule has 0 bridgehead atoms. The summed E-state index contributed by atoms with van der Waals surface area (Å²) in [4.78, 5) is 12.7. The fraction of sp³-hybridized carbons (Fsp3) is 0.286. The molecule has 0 amide bonds. The molecule has 0 saturated carbocycles. The lowest BCUT2D eigenvalue weighted by Gasteiger charge is -2.39. The van der Waals surface area contributed by atoms with Crippen molar-refractivity contribution in [2.75, 3.05) is 0 Å². The predicted molar refractivity (Wildman–Crippen MR) is 104 cm³/mol. The Morgan fingerprint density at radius 1 is 0.867 bits per heavy atom. The zero-order chi connectivity index (χ0) is 21.7. The van der Waals surface area contributed by atoms with Gasteiger partial charge in [-0.2, -0.15) is 0 Å². The van der Waals surface area contributed by atoms with Crippen molar-refractivity contribution in [3.8, 4) is 28.6 Å². The first kappa shape index (κ1) is 20.2. The second-order valence-electron chi connectivity index (χ2n) is 7.29. The lowest BCUT2D eigenvalue weighted by molar-refractivity contribution is -0.219. The molecule has 1 saturated heterocycles. The van der Waals surface area contributed by atoms with Crippen LogP contribution in [-0.4, -0.2) is 55.1 Å². The standard InChI is InChI=1S/C21H20O9/c1-8-17(26)18(27)19(28)21(29-8)16-12(24)6-11(23)15-13(25)7-14(30-20(15)16)9-2-4-10(22)5-3-9/h2-8,17-19,21-24,26-28H,1H3/t8-,17+,18+,19-,21-/m0/s1. The summed E-state index contributed by atoms with van der Waals surface area (Å²) in [7, 11) is 0. The molecule has 0 radical (unpaired) electrons. The van der Waals surface area contributed by atoms with Crippen LogP contribution < -0.4 is 5.43 Å². The molecule has 30 heavy (non-hydrogen) atoms. The Balaban J connectivity index is 1.97. The van der Waals surface area contributed by atoms with E-state index in [0.29, 0.717) is 5.56 Å². The zero-order valence-electron chi connectivity index (χ0n) is 15.8. The van der Waals surface area contributed by atoms with Gasteiger partial charge in [0.25, 0.3) is 0 Å². The van der Waals surface area contributed by atoms with E-state index in [-0.39, 0.29) is 28.0 Å². The van der Waals surface area contributed by atoms with Crippen LogP contribution in [0.15, 0.2) is 45.6 Å². The average Bonchev–Trinajstić information content (AvgIpc) is 2.70. The maximum atomic E-state index is 12.7. The van der Waals surface area contributed by atoms with E-state index >= 15 is 0 Å². The van der Waals surface area contributed by atoms with Gasteiger partial charge in [-0.25, -0.2) is 0 Å². The highest BCUT2D eigenvalue weighted by Crippen LogP contribution is 2.43. The van der Waals surface area contributed by atoms with Gasteiger partial charge in [0.05, 0.1) is 11.7 Å². The SMILES string of the molecule is C[C@@H]1O[C@@H](c2c(O)cc(O)c3c(=O)cc(-c4ccc(O)cc4)oc23)[C@@H](O)[C@H](O)[C@@H]1O. The lowest BCUT2D eigenvalue weighted by atomic mass is 9.90. The predicted octanol–water partition coefficient (Wildman–Crippen LogP) is 1.12. The van der Waals surface area contributed by atoms with E-state index in [1.165, 1.54) is 31.2 Å². The minimum Gasteiger partial charge on any atom is -0.508 e. The van der Waals surface area contributed by atoms with Crippen LogP contribution in [0, 0.1) is 0 Å². The highest BCUT2D eigenvalue weighted by molar-refractivity contribution is 5.89. The average molecular weight is 416 g/mol. The Labute approximate surface area is 169 Å². The number of aliphatic hydroxyl groups excluding tert-OH is 3. The smallest absolute Gasteiger partial charge is 0.197 e. The van der Waals surface area contributed by atoms with E-state index in [4.69, 9.17) is 9.15 Å². The third-order valence-corrected chi connectivity index (χ3v) is 5.29. The quantitative estimate of drug-likeness (QED) is 0.360. The number of hydrogen-bond donors (Lipinski definition) is 6. The molecule has 6 N–H and O–H groups in total. The molecule has 1 aliphatic heterocycles. The Morgan fingerprint density at radius 3 is 2.20 bits per heavy atom. The molecule has 0 unspecified atom stereocenters. The van der Waals surface area contributed by atoms with E-state index < -0.39 is 47.4 Å². The molecular weight excluding hydrogens is 396 g/mol. The monoisotopic (exact) mass is 416 g/mol. The van der Waals surface area contributed by atoms with E-state index in [1.54, 1.807) is 0 Å². The molecule has 9 heteroatoms. The van der Waals surface area contributed by atoms with Gasteiger partial charge in [-0.05, 0) is 31.2 Å². The summed E-state index contributed by atoms with van der Waals surface area (Å²) in [5, 5.41) is 60.5. The van der Waals surface area contributed by atoms with E-state index in [2.05, 4.69) is 0 Å². The van der Waals surface area contributed by atoms with Gasteiger partial charge in [-0.1, -0.05) is 0 Å². The summed E-state index contributed by atoms with van der Waals surface area (Å²) in [6.07, 6.45) is -6.82. The third kappa shape index (κ3) is 3.17. The summed E-state index contributed by atoms with van der Waals surface area (Å²) in [6.45, 7) is 1.48. The van der Waals surface area contributed by atoms with Crippen LogP contribution in [0.2, 0.25) is 0 Å². The molecule has 3 aromatic rings.